The maximum Gasteiger partial charge on any atom is 0.134 e. The third kappa shape index (κ3) is 2.41. The molecule has 1 fully saturated rings. The van der Waals surface area contributed by atoms with E-state index < -0.39 is 0 Å². The normalized spacial score (nSPS) is 23.6. The van der Waals surface area contributed by atoms with Crippen molar-refractivity contribution in [2.75, 3.05) is 19.8 Å². The van der Waals surface area contributed by atoms with Gasteiger partial charge >= 0.3 is 0 Å². The predicted molar refractivity (Wildman–Crippen MR) is 67.5 cm³/mol. The van der Waals surface area contributed by atoms with Gasteiger partial charge in [0.1, 0.15) is 10.5 Å². The smallest absolute Gasteiger partial charge is 0.134 e. The first-order valence-corrected chi connectivity index (χ1v) is 6.63. The monoisotopic (exact) mass is 251 g/mol. The highest BCUT2D eigenvalue weighted by Gasteiger charge is 2.19. The van der Waals surface area contributed by atoms with Crippen LogP contribution < -0.4 is 5.32 Å². The Kier molecular flexibility index (Phi) is 3.22. The second-order valence-electron chi connectivity index (χ2n) is 4.81. The van der Waals surface area contributed by atoms with E-state index in [-0.39, 0.29) is 0 Å². The molecule has 1 saturated heterocycles. The molecule has 2 N–H and O–H groups in total. The summed E-state index contributed by atoms with van der Waals surface area (Å²) in [5, 5.41) is 3.33. The van der Waals surface area contributed by atoms with Crippen LogP contribution in [0.15, 0.2) is 0 Å². The second-order valence-corrected chi connectivity index (χ2v) is 5.19. The van der Waals surface area contributed by atoms with Gasteiger partial charge in [-0.15, -0.1) is 0 Å². The fourth-order valence-electron chi connectivity index (χ4n) is 2.53. The van der Waals surface area contributed by atoms with E-state index in [1.165, 1.54) is 11.3 Å². The molecule has 3 heterocycles. The summed E-state index contributed by atoms with van der Waals surface area (Å²) in [4.78, 5) is 7.97. The Labute approximate surface area is 106 Å². The van der Waals surface area contributed by atoms with E-state index >= 15 is 0 Å². The lowest BCUT2D eigenvalue weighted by atomic mass is 10.0. The molecule has 1 aromatic heterocycles. The summed E-state index contributed by atoms with van der Waals surface area (Å²) in [7, 11) is 0. The Hall–Kier alpha value is -0.780. The van der Waals surface area contributed by atoms with Crippen LogP contribution >= 0.6 is 12.2 Å². The van der Waals surface area contributed by atoms with Gasteiger partial charge < -0.3 is 15.0 Å². The molecule has 5 heteroatoms. The maximum atomic E-state index is 5.39. The minimum absolute atomic E-state index is 0.605. The predicted octanol–water partition coefficient (Wildman–Crippen LogP) is 1.36. The van der Waals surface area contributed by atoms with Gasteiger partial charge in [0.05, 0.1) is 0 Å². The van der Waals surface area contributed by atoms with Crippen LogP contribution in [-0.2, 0) is 24.1 Å². The molecule has 1 unspecified atom stereocenters. The van der Waals surface area contributed by atoms with Crippen molar-refractivity contribution in [1.82, 2.24) is 15.3 Å². The number of hydrogen-bond donors (Lipinski definition) is 2. The Morgan fingerprint density at radius 3 is 3.24 bits per heavy atom. The van der Waals surface area contributed by atoms with E-state index in [1.54, 1.807) is 0 Å². The summed E-state index contributed by atoms with van der Waals surface area (Å²) in [5.41, 5.74) is 2.45. The third-order valence-electron chi connectivity index (χ3n) is 3.51. The Morgan fingerprint density at radius 2 is 2.41 bits per heavy atom. The number of hydrogen-bond acceptors (Lipinski definition) is 4. The van der Waals surface area contributed by atoms with E-state index in [1.807, 2.05) is 0 Å². The summed E-state index contributed by atoms with van der Waals surface area (Å²) in [6.07, 6.45) is 3.13. The number of aromatic amines is 1. The zero-order valence-corrected chi connectivity index (χ0v) is 10.6. The van der Waals surface area contributed by atoms with E-state index in [9.17, 15) is 0 Å². The number of H-pyrrole nitrogens is 1. The van der Waals surface area contributed by atoms with Crippen molar-refractivity contribution in [2.24, 2.45) is 5.92 Å². The zero-order valence-electron chi connectivity index (χ0n) is 9.79. The molecule has 0 aromatic carbocycles. The first-order chi connectivity index (χ1) is 8.33. The lowest BCUT2D eigenvalue weighted by molar-refractivity contribution is 0.185. The van der Waals surface area contributed by atoms with Crippen molar-refractivity contribution >= 4 is 12.2 Å². The molecule has 0 radical (unpaired) electrons. The van der Waals surface area contributed by atoms with E-state index in [4.69, 9.17) is 17.0 Å². The van der Waals surface area contributed by atoms with Crippen LogP contribution in [0.1, 0.15) is 23.5 Å². The van der Waals surface area contributed by atoms with Gasteiger partial charge in [-0.3, -0.25) is 0 Å². The number of fused-ring (bicyclic) bond motifs is 1. The van der Waals surface area contributed by atoms with Crippen molar-refractivity contribution in [3.8, 4) is 0 Å². The molecule has 0 spiro atoms. The highest BCUT2D eigenvalue weighted by molar-refractivity contribution is 7.71. The van der Waals surface area contributed by atoms with Gasteiger partial charge in [0.15, 0.2) is 0 Å². The lowest BCUT2D eigenvalue weighted by Crippen LogP contribution is -2.26. The molecule has 2 aliphatic rings. The number of ether oxygens (including phenoxy) is 1. The molecule has 17 heavy (non-hydrogen) atoms. The average molecular weight is 251 g/mol. The molecule has 2 aliphatic heterocycles. The number of rotatable bonds is 2. The maximum absolute atomic E-state index is 5.39. The van der Waals surface area contributed by atoms with Crippen LogP contribution in [-0.4, -0.2) is 29.7 Å². The molecule has 3 rings (SSSR count). The Bertz CT molecular complexity index is 465. The fraction of sp³-hybridized carbons (Fsp3) is 0.667. The van der Waals surface area contributed by atoms with Crippen LogP contribution in [0.5, 0.6) is 0 Å². The summed E-state index contributed by atoms with van der Waals surface area (Å²) >= 11 is 5.36. The fourth-order valence-corrected chi connectivity index (χ4v) is 2.84. The number of nitrogens with zero attached hydrogens (tertiary/aromatic N) is 1. The van der Waals surface area contributed by atoms with E-state index in [2.05, 4.69) is 15.3 Å². The van der Waals surface area contributed by atoms with Crippen molar-refractivity contribution in [1.29, 1.82) is 0 Å². The summed E-state index contributed by atoms with van der Waals surface area (Å²) < 4.78 is 6.16. The SMILES string of the molecule is S=c1nc(CC2CCOC2)[nH]c2c1CNCC2. The first kappa shape index (κ1) is 11.3. The van der Waals surface area contributed by atoms with Crippen LogP contribution in [0.3, 0.4) is 0 Å². The van der Waals surface area contributed by atoms with Gasteiger partial charge in [-0.1, -0.05) is 12.2 Å². The van der Waals surface area contributed by atoms with Crippen LogP contribution in [0.2, 0.25) is 0 Å². The van der Waals surface area contributed by atoms with Crippen LogP contribution in [0.25, 0.3) is 0 Å². The van der Waals surface area contributed by atoms with Crippen molar-refractivity contribution in [3.63, 3.8) is 0 Å². The Balaban J connectivity index is 1.85. The third-order valence-corrected chi connectivity index (χ3v) is 3.85. The topological polar surface area (TPSA) is 49.9 Å². The van der Waals surface area contributed by atoms with E-state index in [0.717, 1.165) is 56.0 Å². The summed E-state index contributed by atoms with van der Waals surface area (Å²) in [6, 6.07) is 0. The standard InChI is InChI=1S/C12H17N3OS/c17-12-9-6-13-3-1-10(9)14-11(15-12)5-8-2-4-16-7-8/h8,13H,1-7H2,(H,14,15,17). The molecular formula is C12H17N3OS. The van der Waals surface area contributed by atoms with Crippen LogP contribution in [0, 0.1) is 10.6 Å². The summed E-state index contributed by atoms with van der Waals surface area (Å²) in [5.74, 6) is 1.64. The minimum Gasteiger partial charge on any atom is -0.381 e. The first-order valence-electron chi connectivity index (χ1n) is 6.22. The second kappa shape index (κ2) is 4.84. The molecule has 0 saturated carbocycles. The molecule has 0 amide bonds. The molecule has 1 atom stereocenters. The lowest BCUT2D eigenvalue weighted by Gasteiger charge is -2.18. The molecule has 92 valence electrons. The number of aromatic nitrogens is 2. The van der Waals surface area contributed by atoms with Gasteiger partial charge in [-0.2, -0.15) is 0 Å². The largest absolute Gasteiger partial charge is 0.381 e. The highest BCUT2D eigenvalue weighted by atomic mass is 32.1. The zero-order chi connectivity index (χ0) is 11.7. The van der Waals surface area contributed by atoms with Gasteiger partial charge in [-0.05, 0) is 12.3 Å². The molecule has 0 bridgehead atoms. The molecule has 1 aromatic rings. The van der Waals surface area contributed by atoms with Gasteiger partial charge in [0.2, 0.25) is 0 Å². The average Bonchev–Trinajstić information content (AvgIpc) is 2.82. The highest BCUT2D eigenvalue weighted by Crippen LogP contribution is 2.18. The van der Waals surface area contributed by atoms with E-state index in [0.29, 0.717) is 5.92 Å². The molecule has 0 aliphatic carbocycles. The summed E-state index contributed by atoms with van der Waals surface area (Å²) in [6.45, 7) is 3.62. The van der Waals surface area contributed by atoms with Gasteiger partial charge in [-0.25, -0.2) is 4.98 Å². The number of nitrogens with one attached hydrogen (secondary N) is 2. The van der Waals surface area contributed by atoms with Gasteiger partial charge in [0.25, 0.3) is 0 Å². The van der Waals surface area contributed by atoms with Gasteiger partial charge in [0, 0.05) is 50.4 Å². The van der Waals surface area contributed by atoms with Crippen molar-refractivity contribution in [2.45, 2.75) is 25.8 Å². The van der Waals surface area contributed by atoms with Crippen molar-refractivity contribution < 1.29 is 4.74 Å². The molecule has 4 nitrogen and oxygen atoms in total. The quantitative estimate of drug-likeness (QED) is 0.779. The van der Waals surface area contributed by atoms with Crippen molar-refractivity contribution in [3.05, 3.63) is 21.7 Å². The Morgan fingerprint density at radius 1 is 1.47 bits per heavy atom. The molecular weight excluding hydrogens is 234 g/mol. The van der Waals surface area contributed by atoms with Crippen LogP contribution in [0.4, 0.5) is 0 Å². The minimum atomic E-state index is 0.605.